The molecule has 7 heteroatoms. The van der Waals surface area contributed by atoms with E-state index >= 15 is 0 Å². The Kier molecular flexibility index (Phi) is 7.22. The third kappa shape index (κ3) is 6.11. The summed E-state index contributed by atoms with van der Waals surface area (Å²) >= 11 is 0. The number of hydrogen-bond acceptors (Lipinski definition) is 6. The van der Waals surface area contributed by atoms with Gasteiger partial charge in [0.25, 0.3) is 0 Å². The van der Waals surface area contributed by atoms with E-state index in [-0.39, 0.29) is 12.3 Å². The van der Waals surface area contributed by atoms with Crippen LogP contribution in [-0.4, -0.2) is 40.0 Å². The molecule has 0 atom stereocenters. The van der Waals surface area contributed by atoms with Crippen LogP contribution in [0.2, 0.25) is 0 Å². The Hall–Kier alpha value is -3.84. The van der Waals surface area contributed by atoms with Crippen molar-refractivity contribution in [3.05, 3.63) is 90.1 Å². The first-order chi connectivity index (χ1) is 16.1. The first kappa shape index (κ1) is 22.4. The van der Waals surface area contributed by atoms with E-state index in [2.05, 4.69) is 69.8 Å². The van der Waals surface area contributed by atoms with E-state index < -0.39 is 0 Å². The third-order valence-electron chi connectivity index (χ3n) is 5.23. The lowest BCUT2D eigenvalue weighted by atomic mass is 9.98. The molecule has 168 valence electrons. The van der Waals surface area contributed by atoms with E-state index in [0.29, 0.717) is 24.7 Å². The van der Waals surface area contributed by atoms with E-state index in [1.807, 2.05) is 30.3 Å². The maximum atomic E-state index is 12.4. The van der Waals surface area contributed by atoms with Crippen LogP contribution in [0.1, 0.15) is 23.4 Å². The largest absolute Gasteiger partial charge is 0.352 e. The summed E-state index contributed by atoms with van der Waals surface area (Å²) in [5, 5.41) is 6.99. The number of benzene rings is 2. The SMILES string of the molecule is CN(C)Cc1ccc(-c2ccccc2CNC(=O)CCc2nc(-c3ccncc3)no2)cc1. The summed E-state index contributed by atoms with van der Waals surface area (Å²) in [5.41, 5.74) is 5.42. The van der Waals surface area contributed by atoms with Crippen LogP contribution in [-0.2, 0) is 24.3 Å². The van der Waals surface area contributed by atoms with Gasteiger partial charge in [0, 0.05) is 43.9 Å². The van der Waals surface area contributed by atoms with E-state index in [4.69, 9.17) is 4.52 Å². The normalized spacial score (nSPS) is 11.0. The maximum absolute atomic E-state index is 12.4. The Balaban J connectivity index is 1.33. The van der Waals surface area contributed by atoms with Gasteiger partial charge in [-0.15, -0.1) is 0 Å². The summed E-state index contributed by atoms with van der Waals surface area (Å²) in [7, 11) is 4.12. The van der Waals surface area contributed by atoms with Crippen LogP contribution in [0.4, 0.5) is 0 Å². The van der Waals surface area contributed by atoms with Crippen molar-refractivity contribution < 1.29 is 9.32 Å². The molecule has 0 saturated heterocycles. The Morgan fingerprint density at radius 1 is 0.970 bits per heavy atom. The first-order valence-electron chi connectivity index (χ1n) is 10.9. The summed E-state index contributed by atoms with van der Waals surface area (Å²) in [6, 6.07) is 20.3. The molecular formula is C26H27N5O2. The monoisotopic (exact) mass is 441 g/mol. The highest BCUT2D eigenvalue weighted by Crippen LogP contribution is 2.24. The van der Waals surface area contributed by atoms with E-state index in [0.717, 1.165) is 28.8 Å². The molecule has 33 heavy (non-hydrogen) atoms. The molecule has 7 nitrogen and oxygen atoms in total. The van der Waals surface area contributed by atoms with Gasteiger partial charge in [0.05, 0.1) is 0 Å². The number of amides is 1. The minimum atomic E-state index is -0.0604. The summed E-state index contributed by atoms with van der Waals surface area (Å²) in [6.45, 7) is 1.36. The van der Waals surface area contributed by atoms with Gasteiger partial charge in [-0.05, 0) is 48.5 Å². The van der Waals surface area contributed by atoms with Crippen LogP contribution in [0, 0.1) is 0 Å². The second-order valence-corrected chi connectivity index (χ2v) is 8.12. The van der Waals surface area contributed by atoms with Crippen molar-refractivity contribution in [2.24, 2.45) is 0 Å². The molecule has 2 heterocycles. The number of nitrogens with zero attached hydrogens (tertiary/aromatic N) is 4. The second-order valence-electron chi connectivity index (χ2n) is 8.12. The number of aromatic nitrogens is 3. The standard InChI is InChI=1S/C26H27N5O2/c1-31(2)18-19-7-9-20(10-8-19)23-6-4-3-5-22(23)17-28-24(32)11-12-25-29-26(30-33-25)21-13-15-27-16-14-21/h3-10,13-16H,11-12,17-18H2,1-2H3,(H,28,32). The van der Waals surface area contributed by atoms with Crippen molar-refractivity contribution in [2.75, 3.05) is 14.1 Å². The lowest BCUT2D eigenvalue weighted by Crippen LogP contribution is -2.23. The molecular weight excluding hydrogens is 414 g/mol. The van der Waals surface area contributed by atoms with Crippen molar-refractivity contribution in [3.63, 3.8) is 0 Å². The van der Waals surface area contributed by atoms with E-state index in [1.54, 1.807) is 12.4 Å². The number of hydrogen-bond donors (Lipinski definition) is 1. The topological polar surface area (TPSA) is 84.2 Å². The highest BCUT2D eigenvalue weighted by molar-refractivity contribution is 5.76. The average Bonchev–Trinajstić information content (AvgIpc) is 3.32. The van der Waals surface area contributed by atoms with Crippen LogP contribution < -0.4 is 5.32 Å². The molecule has 2 aromatic heterocycles. The molecule has 1 N–H and O–H groups in total. The van der Waals surface area contributed by atoms with Crippen molar-refractivity contribution in [1.29, 1.82) is 0 Å². The molecule has 0 radical (unpaired) electrons. The zero-order valence-electron chi connectivity index (χ0n) is 18.9. The van der Waals surface area contributed by atoms with Gasteiger partial charge in [-0.2, -0.15) is 4.98 Å². The number of rotatable bonds is 9. The van der Waals surface area contributed by atoms with Gasteiger partial charge in [0.1, 0.15) is 0 Å². The van der Waals surface area contributed by atoms with Gasteiger partial charge in [0.15, 0.2) is 0 Å². The summed E-state index contributed by atoms with van der Waals surface area (Å²) in [6.07, 6.45) is 4.02. The molecule has 0 aliphatic rings. The Morgan fingerprint density at radius 2 is 1.73 bits per heavy atom. The Morgan fingerprint density at radius 3 is 2.48 bits per heavy atom. The molecule has 4 aromatic rings. The summed E-state index contributed by atoms with van der Waals surface area (Å²) < 4.78 is 5.28. The molecule has 1 amide bonds. The van der Waals surface area contributed by atoms with Gasteiger partial charge in [-0.3, -0.25) is 9.78 Å². The number of carbonyl (C=O) groups is 1. The van der Waals surface area contributed by atoms with Gasteiger partial charge < -0.3 is 14.7 Å². The maximum Gasteiger partial charge on any atom is 0.227 e. The van der Waals surface area contributed by atoms with Crippen molar-refractivity contribution in [1.82, 2.24) is 25.3 Å². The number of aryl methyl sites for hydroxylation is 1. The zero-order chi connectivity index (χ0) is 23.0. The predicted octanol–water partition coefficient (Wildman–Crippen LogP) is 4.11. The predicted molar refractivity (Wildman–Crippen MR) is 127 cm³/mol. The summed E-state index contributed by atoms with van der Waals surface area (Å²) in [4.78, 5) is 22.9. The van der Waals surface area contributed by atoms with Crippen molar-refractivity contribution in [2.45, 2.75) is 25.9 Å². The molecule has 0 bridgehead atoms. The number of nitrogens with one attached hydrogen (secondary N) is 1. The van der Waals surface area contributed by atoms with Crippen LogP contribution in [0.25, 0.3) is 22.5 Å². The number of pyridine rings is 1. The highest BCUT2D eigenvalue weighted by atomic mass is 16.5. The molecule has 0 aliphatic carbocycles. The first-order valence-corrected chi connectivity index (χ1v) is 10.9. The lowest BCUT2D eigenvalue weighted by Gasteiger charge is -2.13. The molecule has 0 unspecified atom stereocenters. The molecule has 0 saturated carbocycles. The number of carbonyl (C=O) groups excluding carboxylic acids is 1. The molecule has 4 rings (SSSR count). The van der Waals surface area contributed by atoms with Crippen molar-refractivity contribution >= 4 is 5.91 Å². The fraction of sp³-hybridized carbons (Fsp3) is 0.231. The van der Waals surface area contributed by atoms with E-state index in [9.17, 15) is 4.79 Å². The molecule has 0 fully saturated rings. The minimum absolute atomic E-state index is 0.0604. The lowest BCUT2D eigenvalue weighted by molar-refractivity contribution is -0.121. The minimum Gasteiger partial charge on any atom is -0.352 e. The quantitative estimate of drug-likeness (QED) is 0.421. The molecule has 0 spiro atoms. The summed E-state index contributed by atoms with van der Waals surface area (Å²) in [5.74, 6) is 0.878. The van der Waals surface area contributed by atoms with Gasteiger partial charge in [0.2, 0.25) is 17.6 Å². The van der Waals surface area contributed by atoms with E-state index in [1.165, 1.54) is 5.56 Å². The fourth-order valence-corrected chi connectivity index (χ4v) is 3.59. The van der Waals surface area contributed by atoms with Crippen LogP contribution in [0.15, 0.2) is 77.6 Å². The highest BCUT2D eigenvalue weighted by Gasteiger charge is 2.12. The fourth-order valence-electron chi connectivity index (χ4n) is 3.59. The Labute approximate surface area is 193 Å². The zero-order valence-corrected chi connectivity index (χ0v) is 18.9. The average molecular weight is 442 g/mol. The van der Waals surface area contributed by atoms with Crippen LogP contribution >= 0.6 is 0 Å². The smallest absolute Gasteiger partial charge is 0.227 e. The van der Waals surface area contributed by atoms with Gasteiger partial charge in [-0.25, -0.2) is 0 Å². The molecule has 0 aliphatic heterocycles. The van der Waals surface area contributed by atoms with Gasteiger partial charge >= 0.3 is 0 Å². The third-order valence-corrected chi connectivity index (χ3v) is 5.23. The second kappa shape index (κ2) is 10.7. The van der Waals surface area contributed by atoms with Crippen molar-refractivity contribution in [3.8, 4) is 22.5 Å². The van der Waals surface area contributed by atoms with Crippen LogP contribution in [0.5, 0.6) is 0 Å². The Bertz CT molecular complexity index is 1190. The molecule has 2 aromatic carbocycles. The van der Waals surface area contributed by atoms with Crippen LogP contribution in [0.3, 0.4) is 0 Å². The van der Waals surface area contributed by atoms with Gasteiger partial charge in [-0.1, -0.05) is 53.7 Å².